The van der Waals surface area contributed by atoms with Gasteiger partial charge in [-0.1, -0.05) is 6.07 Å². The highest BCUT2D eigenvalue weighted by Crippen LogP contribution is 2.24. The lowest BCUT2D eigenvalue weighted by molar-refractivity contribution is 0.0696. The number of hydrogen-bond acceptors (Lipinski definition) is 3. The van der Waals surface area contributed by atoms with E-state index in [4.69, 9.17) is 5.11 Å². The van der Waals surface area contributed by atoms with Gasteiger partial charge in [0, 0.05) is 4.47 Å². The number of hydrogen-bond donors (Lipinski definition) is 2. The van der Waals surface area contributed by atoms with Crippen LogP contribution in [0, 0.1) is 0 Å². The van der Waals surface area contributed by atoms with Crippen molar-refractivity contribution in [3.8, 4) is 0 Å². The zero-order valence-corrected chi connectivity index (χ0v) is 13.1. The number of pyridine rings is 1. The molecule has 2 aromatic rings. The number of nitrogens with one attached hydrogen (secondary N) is 1. The van der Waals surface area contributed by atoms with Gasteiger partial charge in [-0.05, 0) is 62.2 Å². The van der Waals surface area contributed by atoms with Crippen LogP contribution in [-0.4, -0.2) is 22.0 Å². The number of rotatable bonds is 3. The van der Waals surface area contributed by atoms with E-state index >= 15 is 0 Å². The average Bonchev–Trinajstić information content (AvgIpc) is 2.41. The van der Waals surface area contributed by atoms with Gasteiger partial charge in [-0.2, -0.15) is 0 Å². The fourth-order valence-corrected chi connectivity index (χ4v) is 2.16. The summed E-state index contributed by atoms with van der Waals surface area (Å²) < 4.78 is 1.13. The monoisotopic (exact) mass is 398 g/mol. The van der Waals surface area contributed by atoms with Crippen LogP contribution in [0.3, 0.4) is 0 Å². The molecule has 1 aromatic heterocycles. The third-order valence-corrected chi connectivity index (χ3v) is 3.54. The highest BCUT2D eigenvalue weighted by Gasteiger charge is 2.12. The van der Waals surface area contributed by atoms with Crippen molar-refractivity contribution in [2.24, 2.45) is 0 Å². The Morgan fingerprint density at radius 3 is 2.55 bits per heavy atom. The summed E-state index contributed by atoms with van der Waals surface area (Å²) in [6, 6.07) is 9.34. The van der Waals surface area contributed by atoms with Crippen LogP contribution in [0.4, 0.5) is 5.69 Å². The normalized spacial score (nSPS) is 10.1. The molecule has 0 bridgehead atoms. The minimum Gasteiger partial charge on any atom is -0.478 e. The smallest absolute Gasteiger partial charge is 0.335 e. The van der Waals surface area contributed by atoms with Crippen LogP contribution in [-0.2, 0) is 0 Å². The molecule has 1 heterocycles. The average molecular weight is 400 g/mol. The van der Waals surface area contributed by atoms with E-state index in [2.05, 4.69) is 42.2 Å². The Morgan fingerprint density at radius 2 is 1.90 bits per heavy atom. The number of benzene rings is 1. The van der Waals surface area contributed by atoms with Gasteiger partial charge in [-0.3, -0.25) is 4.79 Å². The zero-order chi connectivity index (χ0) is 14.7. The van der Waals surface area contributed by atoms with Gasteiger partial charge < -0.3 is 10.4 Å². The van der Waals surface area contributed by atoms with E-state index in [0.29, 0.717) is 14.8 Å². The van der Waals surface area contributed by atoms with E-state index < -0.39 is 11.9 Å². The predicted octanol–water partition coefficient (Wildman–Crippen LogP) is 3.56. The second-order valence-electron chi connectivity index (χ2n) is 3.80. The number of nitrogens with zero attached hydrogens (tertiary/aromatic N) is 1. The summed E-state index contributed by atoms with van der Waals surface area (Å²) in [4.78, 5) is 27.0. The molecule has 5 nitrogen and oxygen atoms in total. The van der Waals surface area contributed by atoms with Crippen molar-refractivity contribution >= 4 is 49.4 Å². The summed E-state index contributed by atoms with van der Waals surface area (Å²) >= 11 is 6.44. The van der Waals surface area contributed by atoms with E-state index in [1.54, 1.807) is 24.3 Å². The molecule has 102 valence electrons. The molecule has 0 aliphatic rings. The van der Waals surface area contributed by atoms with Crippen LogP contribution in [0.1, 0.15) is 20.8 Å². The van der Waals surface area contributed by atoms with Crippen LogP contribution >= 0.6 is 31.9 Å². The standard InChI is InChI=1S/C13H8Br2N2O3/c14-8-5-4-7(13(19)20)6-10(8)17-12(18)9-2-1-3-11(15)16-9/h1-6H,(H,17,18)(H,19,20). The van der Waals surface area contributed by atoms with Crippen LogP contribution in [0.5, 0.6) is 0 Å². The molecule has 0 spiro atoms. The summed E-state index contributed by atoms with van der Waals surface area (Å²) in [6.45, 7) is 0. The molecule has 0 fully saturated rings. The number of carbonyl (C=O) groups excluding carboxylic acids is 1. The van der Waals surface area contributed by atoms with E-state index in [0.717, 1.165) is 0 Å². The summed E-state index contributed by atoms with van der Waals surface area (Å²) in [5, 5.41) is 11.6. The van der Waals surface area contributed by atoms with Crippen molar-refractivity contribution in [3.63, 3.8) is 0 Å². The number of aromatic carboxylic acids is 1. The maximum Gasteiger partial charge on any atom is 0.335 e. The van der Waals surface area contributed by atoms with Crippen molar-refractivity contribution < 1.29 is 14.7 Å². The number of anilines is 1. The third-order valence-electron chi connectivity index (χ3n) is 2.41. The van der Waals surface area contributed by atoms with Crippen LogP contribution < -0.4 is 5.32 Å². The Kier molecular flexibility index (Phi) is 4.51. The number of aromatic nitrogens is 1. The van der Waals surface area contributed by atoms with Crippen molar-refractivity contribution in [3.05, 3.63) is 56.7 Å². The first-order chi connectivity index (χ1) is 9.47. The molecule has 0 saturated heterocycles. The highest BCUT2D eigenvalue weighted by atomic mass is 79.9. The lowest BCUT2D eigenvalue weighted by atomic mass is 10.2. The molecular weight excluding hydrogens is 392 g/mol. The molecule has 0 atom stereocenters. The maximum atomic E-state index is 12.0. The highest BCUT2D eigenvalue weighted by molar-refractivity contribution is 9.10. The largest absolute Gasteiger partial charge is 0.478 e. The van der Waals surface area contributed by atoms with Gasteiger partial charge in [-0.15, -0.1) is 0 Å². The Labute approximate surface area is 131 Å². The first-order valence-corrected chi connectivity index (χ1v) is 7.03. The van der Waals surface area contributed by atoms with Gasteiger partial charge in [0.25, 0.3) is 5.91 Å². The number of carboxylic acids is 1. The quantitative estimate of drug-likeness (QED) is 0.773. The molecular formula is C13H8Br2N2O3. The predicted molar refractivity (Wildman–Crippen MR) is 81.0 cm³/mol. The topological polar surface area (TPSA) is 79.3 Å². The molecule has 7 heteroatoms. The lowest BCUT2D eigenvalue weighted by Gasteiger charge is -2.08. The van der Waals surface area contributed by atoms with Gasteiger partial charge in [-0.25, -0.2) is 9.78 Å². The molecule has 2 rings (SSSR count). The Balaban J connectivity index is 2.27. The van der Waals surface area contributed by atoms with Crippen molar-refractivity contribution in [2.45, 2.75) is 0 Å². The maximum absolute atomic E-state index is 12.0. The van der Waals surface area contributed by atoms with Gasteiger partial charge >= 0.3 is 5.97 Å². The van der Waals surface area contributed by atoms with Crippen LogP contribution in [0.15, 0.2) is 45.5 Å². The van der Waals surface area contributed by atoms with Crippen molar-refractivity contribution in [1.29, 1.82) is 0 Å². The van der Waals surface area contributed by atoms with E-state index in [1.807, 2.05) is 0 Å². The molecule has 0 unspecified atom stereocenters. The van der Waals surface area contributed by atoms with Crippen LogP contribution in [0.2, 0.25) is 0 Å². The first kappa shape index (κ1) is 14.7. The Bertz CT molecular complexity index is 689. The van der Waals surface area contributed by atoms with Crippen molar-refractivity contribution in [1.82, 2.24) is 4.98 Å². The van der Waals surface area contributed by atoms with Gasteiger partial charge in [0.1, 0.15) is 10.3 Å². The molecule has 0 saturated carbocycles. The van der Waals surface area contributed by atoms with Crippen molar-refractivity contribution in [2.75, 3.05) is 5.32 Å². The SMILES string of the molecule is O=C(O)c1ccc(Br)c(NC(=O)c2cccc(Br)n2)c1. The fourth-order valence-electron chi connectivity index (χ4n) is 1.48. The van der Waals surface area contributed by atoms with E-state index in [1.165, 1.54) is 12.1 Å². The van der Waals surface area contributed by atoms with Gasteiger partial charge in [0.05, 0.1) is 11.3 Å². The fraction of sp³-hybridized carbons (Fsp3) is 0. The minimum atomic E-state index is -1.06. The summed E-state index contributed by atoms with van der Waals surface area (Å²) in [5.41, 5.74) is 0.689. The lowest BCUT2D eigenvalue weighted by Crippen LogP contribution is -2.14. The van der Waals surface area contributed by atoms with Crippen LogP contribution in [0.25, 0.3) is 0 Å². The molecule has 1 aromatic carbocycles. The molecule has 0 radical (unpaired) electrons. The number of carbonyl (C=O) groups is 2. The first-order valence-electron chi connectivity index (χ1n) is 5.44. The zero-order valence-electron chi connectivity index (χ0n) is 9.93. The molecule has 2 N–H and O–H groups in total. The second kappa shape index (κ2) is 6.15. The number of carboxylic acid groups (broad SMARTS) is 1. The third kappa shape index (κ3) is 3.43. The van der Waals surface area contributed by atoms with Gasteiger partial charge in [0.2, 0.25) is 0 Å². The second-order valence-corrected chi connectivity index (χ2v) is 5.47. The van der Waals surface area contributed by atoms with E-state index in [9.17, 15) is 9.59 Å². The minimum absolute atomic E-state index is 0.0886. The summed E-state index contributed by atoms with van der Waals surface area (Å²) in [6.07, 6.45) is 0. The van der Waals surface area contributed by atoms with Gasteiger partial charge in [0.15, 0.2) is 0 Å². The summed E-state index contributed by atoms with van der Waals surface area (Å²) in [5.74, 6) is -1.48. The Hall–Kier alpha value is -1.73. The molecule has 20 heavy (non-hydrogen) atoms. The number of amides is 1. The molecule has 0 aliphatic heterocycles. The molecule has 0 aliphatic carbocycles. The number of halogens is 2. The Morgan fingerprint density at radius 1 is 1.15 bits per heavy atom. The molecule has 1 amide bonds. The van der Waals surface area contributed by atoms with E-state index in [-0.39, 0.29) is 11.3 Å². The summed E-state index contributed by atoms with van der Waals surface area (Å²) in [7, 11) is 0.